The van der Waals surface area contributed by atoms with Gasteiger partial charge >= 0.3 is 0 Å². The van der Waals surface area contributed by atoms with Crippen molar-refractivity contribution in [1.82, 2.24) is 5.43 Å². The van der Waals surface area contributed by atoms with Gasteiger partial charge in [0.05, 0.1) is 5.92 Å². The molecule has 0 saturated heterocycles. The zero-order chi connectivity index (χ0) is 9.68. The van der Waals surface area contributed by atoms with Crippen molar-refractivity contribution in [2.45, 2.75) is 19.3 Å². The van der Waals surface area contributed by atoms with Crippen molar-refractivity contribution in [3.05, 3.63) is 35.9 Å². The van der Waals surface area contributed by atoms with Gasteiger partial charge in [0, 0.05) is 0 Å². The second kappa shape index (κ2) is 4.62. The number of amides is 1. The molecule has 0 fully saturated rings. The van der Waals surface area contributed by atoms with Crippen molar-refractivity contribution >= 4 is 5.91 Å². The quantitative estimate of drug-likeness (QED) is 0.414. The number of hydrogen-bond donors (Lipinski definition) is 2. The number of carbonyl (C=O) groups excluding carboxylic acids is 1. The Bertz CT molecular complexity index is 272. The van der Waals surface area contributed by atoms with Crippen molar-refractivity contribution in [3.8, 4) is 0 Å². The Morgan fingerprint density at radius 2 is 2.08 bits per heavy atom. The standard InChI is InChI=1S/C10H14N2O/c1-2-9(10(13)12-11)8-6-4-3-5-7-8/h3-7,9H,2,11H2,1H3,(H,12,13). The SMILES string of the molecule is CCC(C(=O)NN)c1ccccc1. The fourth-order valence-corrected chi connectivity index (χ4v) is 1.36. The van der Waals surface area contributed by atoms with Crippen LogP contribution in [-0.2, 0) is 4.79 Å². The minimum atomic E-state index is -0.133. The normalized spacial score (nSPS) is 12.2. The highest BCUT2D eigenvalue weighted by molar-refractivity contribution is 5.82. The molecule has 0 aliphatic rings. The first kappa shape index (κ1) is 9.74. The van der Waals surface area contributed by atoms with E-state index < -0.39 is 0 Å². The molecule has 1 unspecified atom stereocenters. The summed E-state index contributed by atoms with van der Waals surface area (Å²) in [7, 11) is 0. The van der Waals surface area contributed by atoms with Crippen LogP contribution in [0, 0.1) is 0 Å². The number of carbonyl (C=O) groups is 1. The molecule has 13 heavy (non-hydrogen) atoms. The molecule has 0 aromatic heterocycles. The average molecular weight is 178 g/mol. The van der Waals surface area contributed by atoms with Gasteiger partial charge in [-0.1, -0.05) is 37.3 Å². The summed E-state index contributed by atoms with van der Waals surface area (Å²) < 4.78 is 0. The zero-order valence-corrected chi connectivity index (χ0v) is 7.66. The van der Waals surface area contributed by atoms with Crippen LogP contribution in [0.4, 0.5) is 0 Å². The first-order valence-corrected chi connectivity index (χ1v) is 4.35. The number of nitrogens with two attached hydrogens (primary N) is 1. The van der Waals surface area contributed by atoms with E-state index in [1.54, 1.807) is 0 Å². The van der Waals surface area contributed by atoms with E-state index in [0.29, 0.717) is 0 Å². The van der Waals surface area contributed by atoms with E-state index in [4.69, 9.17) is 5.84 Å². The molecule has 1 atom stereocenters. The predicted octanol–water partition coefficient (Wildman–Crippen LogP) is 1.17. The molecule has 1 amide bonds. The van der Waals surface area contributed by atoms with Crippen molar-refractivity contribution < 1.29 is 4.79 Å². The minimum absolute atomic E-state index is 0.131. The van der Waals surface area contributed by atoms with Gasteiger partial charge in [0.25, 0.3) is 0 Å². The van der Waals surface area contributed by atoms with Gasteiger partial charge in [0.2, 0.25) is 5.91 Å². The number of rotatable bonds is 3. The van der Waals surface area contributed by atoms with Gasteiger partial charge in [0.1, 0.15) is 0 Å². The van der Waals surface area contributed by atoms with Crippen LogP contribution in [0.5, 0.6) is 0 Å². The molecule has 3 heteroatoms. The molecule has 3 nitrogen and oxygen atoms in total. The van der Waals surface area contributed by atoms with Gasteiger partial charge < -0.3 is 0 Å². The van der Waals surface area contributed by atoms with Crippen LogP contribution in [0.25, 0.3) is 0 Å². The van der Waals surface area contributed by atoms with E-state index >= 15 is 0 Å². The van der Waals surface area contributed by atoms with Crippen LogP contribution >= 0.6 is 0 Å². The van der Waals surface area contributed by atoms with Crippen molar-refractivity contribution in [2.24, 2.45) is 5.84 Å². The topological polar surface area (TPSA) is 55.1 Å². The second-order valence-corrected chi connectivity index (χ2v) is 2.88. The van der Waals surface area contributed by atoms with E-state index in [0.717, 1.165) is 12.0 Å². The Kier molecular flexibility index (Phi) is 3.46. The van der Waals surface area contributed by atoms with Crippen LogP contribution in [0.15, 0.2) is 30.3 Å². The van der Waals surface area contributed by atoms with Crippen molar-refractivity contribution in [3.63, 3.8) is 0 Å². The van der Waals surface area contributed by atoms with E-state index in [9.17, 15) is 4.79 Å². The monoisotopic (exact) mass is 178 g/mol. The minimum Gasteiger partial charge on any atom is -0.294 e. The Morgan fingerprint density at radius 3 is 2.54 bits per heavy atom. The van der Waals surface area contributed by atoms with E-state index in [1.807, 2.05) is 37.3 Å². The maximum absolute atomic E-state index is 11.3. The lowest BCUT2D eigenvalue weighted by molar-refractivity contribution is -0.122. The molecule has 0 radical (unpaired) electrons. The lowest BCUT2D eigenvalue weighted by Crippen LogP contribution is -2.34. The van der Waals surface area contributed by atoms with Gasteiger partial charge in [-0.05, 0) is 12.0 Å². The first-order chi connectivity index (χ1) is 6.29. The highest BCUT2D eigenvalue weighted by atomic mass is 16.2. The summed E-state index contributed by atoms with van der Waals surface area (Å²) in [6.45, 7) is 1.97. The summed E-state index contributed by atoms with van der Waals surface area (Å²) in [5.41, 5.74) is 3.18. The molecule has 0 aliphatic heterocycles. The Labute approximate surface area is 77.9 Å². The Balaban J connectivity index is 2.85. The summed E-state index contributed by atoms with van der Waals surface area (Å²) in [5, 5.41) is 0. The van der Waals surface area contributed by atoms with Gasteiger partial charge in [-0.25, -0.2) is 5.84 Å². The molecule has 70 valence electrons. The van der Waals surface area contributed by atoms with Gasteiger partial charge in [-0.3, -0.25) is 10.2 Å². The summed E-state index contributed by atoms with van der Waals surface area (Å²) in [6, 6.07) is 9.63. The third-order valence-electron chi connectivity index (χ3n) is 2.07. The Hall–Kier alpha value is -1.35. The molecular formula is C10H14N2O. The maximum atomic E-state index is 11.3. The molecule has 1 aromatic rings. The highest BCUT2D eigenvalue weighted by Gasteiger charge is 2.16. The lowest BCUT2D eigenvalue weighted by Gasteiger charge is -2.12. The summed E-state index contributed by atoms with van der Waals surface area (Å²) in [5.74, 6) is 4.82. The number of hydrazine groups is 1. The van der Waals surface area contributed by atoms with Crippen LogP contribution in [-0.4, -0.2) is 5.91 Å². The van der Waals surface area contributed by atoms with Crippen LogP contribution in [0.2, 0.25) is 0 Å². The molecule has 0 saturated carbocycles. The molecular weight excluding hydrogens is 164 g/mol. The first-order valence-electron chi connectivity index (χ1n) is 4.35. The van der Waals surface area contributed by atoms with E-state index in [-0.39, 0.29) is 11.8 Å². The molecule has 0 heterocycles. The van der Waals surface area contributed by atoms with Crippen LogP contribution in [0.1, 0.15) is 24.8 Å². The van der Waals surface area contributed by atoms with Gasteiger partial charge in [-0.2, -0.15) is 0 Å². The average Bonchev–Trinajstić information content (AvgIpc) is 2.20. The third kappa shape index (κ3) is 2.29. The van der Waals surface area contributed by atoms with Gasteiger partial charge in [-0.15, -0.1) is 0 Å². The van der Waals surface area contributed by atoms with E-state index in [2.05, 4.69) is 5.43 Å². The highest BCUT2D eigenvalue weighted by Crippen LogP contribution is 2.18. The summed E-state index contributed by atoms with van der Waals surface area (Å²) in [6.07, 6.45) is 0.757. The zero-order valence-electron chi connectivity index (χ0n) is 7.66. The molecule has 0 aliphatic carbocycles. The third-order valence-corrected chi connectivity index (χ3v) is 2.07. The van der Waals surface area contributed by atoms with Crippen molar-refractivity contribution in [2.75, 3.05) is 0 Å². The molecule has 0 bridgehead atoms. The number of nitrogens with one attached hydrogen (secondary N) is 1. The molecule has 3 N–H and O–H groups in total. The van der Waals surface area contributed by atoms with Gasteiger partial charge in [0.15, 0.2) is 0 Å². The Morgan fingerprint density at radius 1 is 1.46 bits per heavy atom. The lowest BCUT2D eigenvalue weighted by atomic mass is 9.96. The summed E-state index contributed by atoms with van der Waals surface area (Å²) >= 11 is 0. The fourth-order valence-electron chi connectivity index (χ4n) is 1.36. The second-order valence-electron chi connectivity index (χ2n) is 2.88. The van der Waals surface area contributed by atoms with Crippen LogP contribution < -0.4 is 11.3 Å². The van der Waals surface area contributed by atoms with Crippen molar-refractivity contribution in [1.29, 1.82) is 0 Å². The maximum Gasteiger partial charge on any atom is 0.241 e. The molecule has 1 rings (SSSR count). The number of benzene rings is 1. The molecule has 0 spiro atoms. The predicted molar refractivity (Wildman–Crippen MR) is 51.8 cm³/mol. The smallest absolute Gasteiger partial charge is 0.241 e. The van der Waals surface area contributed by atoms with Crippen LogP contribution in [0.3, 0.4) is 0 Å². The van der Waals surface area contributed by atoms with E-state index in [1.165, 1.54) is 0 Å². The number of hydrogen-bond acceptors (Lipinski definition) is 2. The fraction of sp³-hybridized carbons (Fsp3) is 0.300. The molecule has 1 aromatic carbocycles. The summed E-state index contributed by atoms with van der Waals surface area (Å²) in [4.78, 5) is 11.3. The largest absolute Gasteiger partial charge is 0.294 e.